The van der Waals surface area contributed by atoms with Crippen molar-refractivity contribution >= 4 is 0 Å². The second-order valence-electron chi connectivity index (χ2n) is 25.9. The van der Waals surface area contributed by atoms with Crippen molar-refractivity contribution in [1.29, 1.82) is 0 Å². The summed E-state index contributed by atoms with van der Waals surface area (Å²) in [5.74, 6) is -0.952. The Morgan fingerprint density at radius 3 is 1.63 bits per heavy atom. The zero-order valence-corrected chi connectivity index (χ0v) is 46.1. The predicted octanol–water partition coefficient (Wildman–Crippen LogP) is -3.23. The number of aliphatic hydroxyl groups excluding tert-OH is 16. The number of aliphatic hydroxyl groups is 16. The number of ether oxygens (including phenoxy) is 8. The van der Waals surface area contributed by atoms with Gasteiger partial charge in [-0.3, -0.25) is 0 Å². The molecule has 24 nitrogen and oxygen atoms in total. The van der Waals surface area contributed by atoms with Gasteiger partial charge in [0.25, 0.3) is 0 Å². The summed E-state index contributed by atoms with van der Waals surface area (Å²) >= 11 is 0. The molecule has 78 heavy (non-hydrogen) atoms. The zero-order valence-electron chi connectivity index (χ0n) is 46.1. The first-order valence-electron chi connectivity index (χ1n) is 28.0. The molecule has 4 aliphatic carbocycles. The van der Waals surface area contributed by atoms with Crippen LogP contribution in [0.2, 0.25) is 0 Å². The smallest absolute Gasteiger partial charge is 0.187 e. The van der Waals surface area contributed by atoms with E-state index < -0.39 is 195 Å². The second kappa shape index (κ2) is 23.7. The highest BCUT2D eigenvalue weighted by Crippen LogP contribution is 2.76. The van der Waals surface area contributed by atoms with Crippen molar-refractivity contribution in [3.8, 4) is 0 Å². The number of hydrogen-bond acceptors (Lipinski definition) is 24. The quantitative estimate of drug-likeness (QED) is 0.0534. The first kappa shape index (κ1) is 62.8. The first-order chi connectivity index (χ1) is 36.5. The number of allylic oxidation sites excluding steroid dienone is 2. The van der Waals surface area contributed by atoms with Gasteiger partial charge in [0.1, 0.15) is 97.7 Å². The monoisotopic (exact) mass is 1120 g/mol. The lowest BCUT2D eigenvalue weighted by atomic mass is 9.35. The molecule has 0 bridgehead atoms. The fraction of sp³-hybridized carbons (Fsp3) is 0.963. The van der Waals surface area contributed by atoms with E-state index in [1.54, 1.807) is 0 Å². The van der Waals surface area contributed by atoms with Crippen LogP contribution in [0.4, 0.5) is 0 Å². The summed E-state index contributed by atoms with van der Waals surface area (Å²) in [5, 5.41) is 174. The summed E-state index contributed by atoms with van der Waals surface area (Å²) in [5.41, 5.74) is -2.43. The van der Waals surface area contributed by atoms with E-state index in [4.69, 9.17) is 37.9 Å². The van der Waals surface area contributed by atoms with E-state index in [-0.39, 0.29) is 30.1 Å². The zero-order chi connectivity index (χ0) is 57.5. The van der Waals surface area contributed by atoms with Crippen LogP contribution in [0.3, 0.4) is 0 Å². The van der Waals surface area contributed by atoms with E-state index in [0.29, 0.717) is 38.5 Å². The molecule has 8 rings (SSSR count). The van der Waals surface area contributed by atoms with Crippen LogP contribution in [0.1, 0.15) is 107 Å². The van der Waals surface area contributed by atoms with E-state index >= 15 is 0 Å². The summed E-state index contributed by atoms with van der Waals surface area (Å²) in [6.45, 7) is 13.8. The maximum atomic E-state index is 12.8. The van der Waals surface area contributed by atoms with Crippen LogP contribution in [0, 0.1) is 45.3 Å². The summed E-state index contributed by atoms with van der Waals surface area (Å²) in [6.07, 6.45) is -29.4. The highest BCUT2D eigenvalue weighted by molar-refractivity contribution is 5.21. The third-order valence-corrected chi connectivity index (χ3v) is 20.8. The molecule has 8 aliphatic rings. The largest absolute Gasteiger partial charge is 0.394 e. The molecule has 0 unspecified atom stereocenters. The van der Waals surface area contributed by atoms with Crippen LogP contribution < -0.4 is 0 Å². The van der Waals surface area contributed by atoms with Crippen LogP contribution in [-0.2, 0) is 37.9 Å². The SMILES string of the molecule is CC(C)=CCC[C@](C)(O[C@@H]1O[C@H](CO[C@@H]2O[C@H](CO)[C@@H](O)[C@@H](O)[C@H]2O)[C@@H](O)[C@@H](O)[C@@H]1O)[C@@H]1CC[C@@]2(C)[C@@H]1[C@H](O)C[C@H]1[C@]3(C)C[C@@H](O)[C@@H](O[C@@H]4O[C@H](CO)[C@H](O)[C@H](O)[C@H]4O[C@H]4O[C@@H](CO)[C@@H](O)[C@@H](O)[C@@H]4O)C(C)(C)[C@@H]3CC[C@]12C. The van der Waals surface area contributed by atoms with E-state index in [0.717, 1.165) is 12.0 Å². The summed E-state index contributed by atoms with van der Waals surface area (Å²) in [6, 6.07) is 0. The normalized spacial score (nSPS) is 53.1. The van der Waals surface area contributed by atoms with E-state index in [1.807, 2.05) is 34.6 Å². The van der Waals surface area contributed by atoms with Gasteiger partial charge in [0.2, 0.25) is 0 Å². The van der Waals surface area contributed by atoms with Crippen molar-refractivity contribution in [2.75, 3.05) is 26.4 Å². The highest BCUT2D eigenvalue weighted by Gasteiger charge is 2.73. The molecular formula is C54H92O24. The van der Waals surface area contributed by atoms with Gasteiger partial charge < -0.3 is 120 Å². The third kappa shape index (κ3) is 10.8. The lowest BCUT2D eigenvalue weighted by molar-refractivity contribution is -0.383. The Morgan fingerprint density at radius 2 is 1.05 bits per heavy atom. The molecule has 4 saturated heterocycles. The van der Waals surface area contributed by atoms with Crippen LogP contribution >= 0.6 is 0 Å². The van der Waals surface area contributed by atoms with Crippen molar-refractivity contribution in [1.82, 2.24) is 0 Å². The fourth-order valence-corrected chi connectivity index (χ4v) is 16.4. The van der Waals surface area contributed by atoms with Gasteiger partial charge in [0.05, 0.1) is 50.3 Å². The van der Waals surface area contributed by atoms with Gasteiger partial charge in [-0.2, -0.15) is 0 Å². The van der Waals surface area contributed by atoms with Gasteiger partial charge >= 0.3 is 0 Å². The molecule has 452 valence electrons. The molecule has 16 N–H and O–H groups in total. The van der Waals surface area contributed by atoms with Gasteiger partial charge in [-0.05, 0) is 117 Å². The van der Waals surface area contributed by atoms with E-state index in [9.17, 15) is 81.7 Å². The molecule has 0 radical (unpaired) electrons. The first-order valence-corrected chi connectivity index (χ1v) is 28.0. The summed E-state index contributed by atoms with van der Waals surface area (Å²) < 4.78 is 48.6. The maximum Gasteiger partial charge on any atom is 0.187 e. The van der Waals surface area contributed by atoms with Crippen LogP contribution in [0.25, 0.3) is 0 Å². The van der Waals surface area contributed by atoms with E-state index in [1.165, 1.54) is 0 Å². The Labute approximate surface area is 455 Å². The average molecular weight is 1130 g/mol. The fourth-order valence-electron chi connectivity index (χ4n) is 16.4. The molecule has 4 saturated carbocycles. The maximum absolute atomic E-state index is 12.8. The molecule has 0 spiro atoms. The predicted molar refractivity (Wildman–Crippen MR) is 268 cm³/mol. The average Bonchev–Trinajstić information content (AvgIpc) is 3.56. The molecule has 4 aliphatic heterocycles. The topological polar surface area (TPSA) is 398 Å². The van der Waals surface area contributed by atoms with Crippen molar-refractivity contribution in [3.63, 3.8) is 0 Å². The molecule has 24 heteroatoms. The Bertz CT molecular complexity index is 2030. The summed E-state index contributed by atoms with van der Waals surface area (Å²) in [4.78, 5) is 0. The minimum absolute atomic E-state index is 0.138. The molecule has 0 aromatic heterocycles. The lowest BCUT2D eigenvalue weighted by Crippen LogP contribution is -2.70. The molecule has 31 atom stereocenters. The Kier molecular flexibility index (Phi) is 19.1. The standard InChI is InChI=1S/C54H92O24/c1-22(2)10-9-13-54(8,78-48-43(70)39(66)36(63)29(75-48)21-71-46-41(68)37(64)33(60)26(18-55)72-46)23-11-14-53(7)32(23)24(58)16-31-51(5)17-25(59)45(50(3,4)30(51)12-15-52(31,53)6)77-49-44(40(67)35(62)28(20-57)74-49)76-47-42(69)38(65)34(61)27(19-56)73-47/h10,23-49,55-70H,9,11-21H2,1-8H3/t23-,24-,25-,26-,27+,28-,29-,30+,31+,32+,33-,34-,35+,36-,37-,38-,39-,40+,41-,42+,43+,44-,45-,46-,47-,48+,49+,51-,52-,53+,54+/m1/s1. The van der Waals surface area contributed by atoms with Crippen molar-refractivity contribution < 1.29 is 120 Å². The molecule has 0 aromatic carbocycles. The molecular weight excluding hydrogens is 1030 g/mol. The van der Waals surface area contributed by atoms with Crippen LogP contribution in [0.15, 0.2) is 11.6 Å². The molecule has 0 amide bonds. The summed E-state index contributed by atoms with van der Waals surface area (Å²) in [7, 11) is 0. The van der Waals surface area contributed by atoms with E-state index in [2.05, 4.69) is 26.8 Å². The van der Waals surface area contributed by atoms with Crippen molar-refractivity contribution in [2.24, 2.45) is 45.3 Å². The second-order valence-corrected chi connectivity index (χ2v) is 25.9. The van der Waals surface area contributed by atoms with Crippen LogP contribution in [-0.4, -0.2) is 255 Å². The van der Waals surface area contributed by atoms with Gasteiger partial charge in [0.15, 0.2) is 25.2 Å². The van der Waals surface area contributed by atoms with Gasteiger partial charge in [-0.1, -0.05) is 46.3 Å². The Hall–Kier alpha value is -1.22. The highest BCUT2D eigenvalue weighted by atomic mass is 16.8. The van der Waals surface area contributed by atoms with Gasteiger partial charge in [0, 0.05) is 0 Å². The Morgan fingerprint density at radius 1 is 0.551 bits per heavy atom. The minimum atomic E-state index is -1.87. The van der Waals surface area contributed by atoms with Crippen LogP contribution in [0.5, 0.6) is 0 Å². The van der Waals surface area contributed by atoms with Crippen molar-refractivity contribution in [3.05, 3.63) is 11.6 Å². The number of hydrogen-bond donors (Lipinski definition) is 16. The minimum Gasteiger partial charge on any atom is -0.394 e. The van der Waals surface area contributed by atoms with Gasteiger partial charge in [-0.25, -0.2) is 0 Å². The molecule has 8 fully saturated rings. The number of rotatable bonds is 16. The molecule has 4 heterocycles. The molecule has 0 aromatic rings. The lowest BCUT2D eigenvalue weighted by Gasteiger charge is -2.71. The number of fused-ring (bicyclic) bond motifs is 5. The third-order valence-electron chi connectivity index (χ3n) is 20.8. The van der Waals surface area contributed by atoms with Crippen molar-refractivity contribution in [2.45, 2.75) is 253 Å². The van der Waals surface area contributed by atoms with Gasteiger partial charge in [-0.15, -0.1) is 0 Å². The Balaban J connectivity index is 1.02.